The molecule has 0 amide bonds. The lowest BCUT2D eigenvalue weighted by atomic mass is 10.3. The molecule has 0 fully saturated rings. The summed E-state index contributed by atoms with van der Waals surface area (Å²) in [7, 11) is 0. The molecule has 2 heterocycles. The van der Waals surface area contributed by atoms with E-state index in [1.165, 1.54) is 6.42 Å². The van der Waals surface area contributed by atoms with Gasteiger partial charge in [0.15, 0.2) is 0 Å². The van der Waals surface area contributed by atoms with Crippen LogP contribution in [0, 0.1) is 0 Å². The molecule has 0 aliphatic heterocycles. The Hall–Kier alpha value is -1.30. The van der Waals surface area contributed by atoms with Crippen LogP contribution in [-0.4, -0.2) is 29.7 Å². The van der Waals surface area contributed by atoms with Crippen LogP contribution in [0.25, 0.3) is 10.7 Å². The fourth-order valence-electron chi connectivity index (χ4n) is 1.70. The first-order valence-electron chi connectivity index (χ1n) is 7.04. The molecule has 0 radical (unpaired) electrons. The lowest BCUT2D eigenvalue weighted by Crippen LogP contribution is -2.19. The molecule has 0 atom stereocenters. The summed E-state index contributed by atoms with van der Waals surface area (Å²) in [6, 6.07) is 5.88. The van der Waals surface area contributed by atoms with Crippen molar-refractivity contribution in [3.63, 3.8) is 0 Å². The number of pyridine rings is 1. The largest absolute Gasteiger partial charge is 0.380 e. The van der Waals surface area contributed by atoms with Crippen LogP contribution in [0.5, 0.6) is 0 Å². The third kappa shape index (κ3) is 5.00. The van der Waals surface area contributed by atoms with Crippen LogP contribution in [-0.2, 0) is 11.3 Å². The number of ether oxygens (including phenoxy) is 1. The van der Waals surface area contributed by atoms with Gasteiger partial charge in [-0.2, -0.15) is 0 Å². The van der Waals surface area contributed by atoms with Gasteiger partial charge in [0.25, 0.3) is 0 Å². The van der Waals surface area contributed by atoms with E-state index in [1.807, 2.05) is 18.2 Å². The summed E-state index contributed by atoms with van der Waals surface area (Å²) in [5.74, 6) is 0. The van der Waals surface area contributed by atoms with Gasteiger partial charge in [0.2, 0.25) is 0 Å². The van der Waals surface area contributed by atoms with Crippen LogP contribution >= 0.6 is 11.3 Å². The average molecular weight is 291 g/mol. The van der Waals surface area contributed by atoms with Crippen molar-refractivity contribution in [3.05, 3.63) is 35.5 Å². The summed E-state index contributed by atoms with van der Waals surface area (Å²) in [5, 5.41) is 6.39. The minimum atomic E-state index is 0.761. The zero-order chi connectivity index (χ0) is 14.0. The van der Waals surface area contributed by atoms with E-state index >= 15 is 0 Å². The molecule has 0 bridgehead atoms. The van der Waals surface area contributed by atoms with Gasteiger partial charge in [-0.3, -0.25) is 4.98 Å². The molecule has 0 aromatic carbocycles. The zero-order valence-electron chi connectivity index (χ0n) is 11.8. The van der Waals surface area contributed by atoms with Crippen LogP contribution < -0.4 is 5.32 Å². The number of aromatic nitrogens is 2. The fourth-order valence-corrected chi connectivity index (χ4v) is 2.50. The number of nitrogens with zero attached hydrogens (tertiary/aromatic N) is 2. The van der Waals surface area contributed by atoms with Crippen LogP contribution in [0.1, 0.15) is 25.5 Å². The molecule has 2 aromatic heterocycles. The molecule has 4 nitrogen and oxygen atoms in total. The summed E-state index contributed by atoms with van der Waals surface area (Å²) in [6.07, 6.45) is 4.12. The Labute approximate surface area is 124 Å². The first-order chi connectivity index (χ1) is 9.90. The van der Waals surface area contributed by atoms with E-state index in [1.54, 1.807) is 17.5 Å². The summed E-state index contributed by atoms with van der Waals surface area (Å²) >= 11 is 1.63. The second kappa shape index (κ2) is 8.79. The normalized spacial score (nSPS) is 10.8. The van der Waals surface area contributed by atoms with Gasteiger partial charge in [-0.05, 0) is 18.6 Å². The number of nitrogens with one attached hydrogen (secondary N) is 1. The maximum atomic E-state index is 5.50. The Morgan fingerprint density at radius 2 is 2.25 bits per heavy atom. The van der Waals surface area contributed by atoms with E-state index in [9.17, 15) is 0 Å². The van der Waals surface area contributed by atoms with Crippen molar-refractivity contribution in [1.29, 1.82) is 0 Å². The first-order valence-corrected chi connectivity index (χ1v) is 7.92. The minimum Gasteiger partial charge on any atom is -0.380 e. The van der Waals surface area contributed by atoms with Gasteiger partial charge in [-0.25, -0.2) is 4.98 Å². The standard InChI is InChI=1S/C15H21N3OS/c1-2-3-9-19-10-8-16-11-13-12-20-15(18-13)14-6-4-5-7-17-14/h4-7,12,16H,2-3,8-11H2,1H3. The molecule has 20 heavy (non-hydrogen) atoms. The molecule has 0 saturated heterocycles. The Morgan fingerprint density at radius 3 is 3.05 bits per heavy atom. The van der Waals surface area contributed by atoms with E-state index in [0.717, 1.165) is 49.1 Å². The molecular formula is C15H21N3OS. The Balaban J connectivity index is 1.69. The zero-order valence-corrected chi connectivity index (χ0v) is 12.7. The molecule has 0 spiro atoms. The number of rotatable bonds is 9. The predicted octanol–water partition coefficient (Wildman–Crippen LogP) is 3.11. The van der Waals surface area contributed by atoms with E-state index in [-0.39, 0.29) is 0 Å². The van der Waals surface area contributed by atoms with Crippen LogP contribution in [0.15, 0.2) is 29.8 Å². The summed E-state index contributed by atoms with van der Waals surface area (Å²) in [4.78, 5) is 8.89. The Morgan fingerprint density at radius 1 is 1.30 bits per heavy atom. The molecule has 0 unspecified atom stereocenters. The van der Waals surface area contributed by atoms with E-state index < -0.39 is 0 Å². The third-order valence-electron chi connectivity index (χ3n) is 2.81. The number of hydrogen-bond donors (Lipinski definition) is 1. The smallest absolute Gasteiger partial charge is 0.142 e. The van der Waals surface area contributed by atoms with Gasteiger partial charge < -0.3 is 10.1 Å². The van der Waals surface area contributed by atoms with Crippen LogP contribution in [0.3, 0.4) is 0 Å². The van der Waals surface area contributed by atoms with E-state index in [4.69, 9.17) is 4.74 Å². The molecule has 0 aliphatic carbocycles. The van der Waals surface area contributed by atoms with Crippen molar-refractivity contribution in [2.45, 2.75) is 26.3 Å². The highest BCUT2D eigenvalue weighted by Crippen LogP contribution is 2.20. The van der Waals surface area contributed by atoms with Crippen molar-refractivity contribution in [2.24, 2.45) is 0 Å². The first kappa shape index (κ1) is 15.1. The molecular weight excluding hydrogens is 270 g/mol. The van der Waals surface area contributed by atoms with Gasteiger partial charge in [0, 0.05) is 31.3 Å². The topological polar surface area (TPSA) is 47.0 Å². The lowest BCUT2D eigenvalue weighted by molar-refractivity contribution is 0.133. The summed E-state index contributed by atoms with van der Waals surface area (Å²) in [5.41, 5.74) is 2.00. The van der Waals surface area contributed by atoms with Gasteiger partial charge in [0.05, 0.1) is 18.0 Å². The molecule has 1 N–H and O–H groups in total. The second-order valence-electron chi connectivity index (χ2n) is 4.50. The third-order valence-corrected chi connectivity index (χ3v) is 3.72. The molecule has 2 aromatic rings. The number of unbranched alkanes of at least 4 members (excludes halogenated alkanes) is 1. The van der Waals surface area contributed by atoms with Crippen molar-refractivity contribution in [2.75, 3.05) is 19.8 Å². The fraction of sp³-hybridized carbons (Fsp3) is 0.467. The van der Waals surface area contributed by atoms with Crippen LogP contribution in [0.2, 0.25) is 0 Å². The van der Waals surface area contributed by atoms with Crippen molar-refractivity contribution in [1.82, 2.24) is 15.3 Å². The average Bonchev–Trinajstić information content (AvgIpc) is 2.96. The number of thiazole rings is 1. The maximum absolute atomic E-state index is 5.50. The Bertz CT molecular complexity index is 487. The highest BCUT2D eigenvalue weighted by Gasteiger charge is 2.04. The highest BCUT2D eigenvalue weighted by molar-refractivity contribution is 7.13. The minimum absolute atomic E-state index is 0.761. The van der Waals surface area contributed by atoms with Crippen LogP contribution in [0.4, 0.5) is 0 Å². The molecule has 0 saturated carbocycles. The van der Waals surface area contributed by atoms with Crippen molar-refractivity contribution >= 4 is 11.3 Å². The quantitative estimate of drug-likeness (QED) is 0.721. The molecule has 2 rings (SSSR count). The van der Waals surface area contributed by atoms with Gasteiger partial charge in [0.1, 0.15) is 5.01 Å². The highest BCUT2D eigenvalue weighted by atomic mass is 32.1. The summed E-state index contributed by atoms with van der Waals surface area (Å²) < 4.78 is 5.50. The van der Waals surface area contributed by atoms with Gasteiger partial charge in [-0.15, -0.1) is 11.3 Å². The SMILES string of the molecule is CCCCOCCNCc1csc(-c2ccccn2)n1. The second-order valence-corrected chi connectivity index (χ2v) is 5.36. The maximum Gasteiger partial charge on any atom is 0.142 e. The molecule has 108 valence electrons. The summed E-state index contributed by atoms with van der Waals surface area (Å²) in [6.45, 7) is 5.43. The predicted molar refractivity (Wildman–Crippen MR) is 82.8 cm³/mol. The van der Waals surface area contributed by atoms with Gasteiger partial charge in [-0.1, -0.05) is 19.4 Å². The number of hydrogen-bond acceptors (Lipinski definition) is 5. The lowest BCUT2D eigenvalue weighted by Gasteiger charge is -2.04. The van der Waals surface area contributed by atoms with E-state index in [0.29, 0.717) is 0 Å². The molecule has 5 heteroatoms. The molecule has 0 aliphatic rings. The van der Waals surface area contributed by atoms with E-state index in [2.05, 4.69) is 27.6 Å². The van der Waals surface area contributed by atoms with Crippen molar-refractivity contribution < 1.29 is 4.74 Å². The Kier molecular flexibility index (Phi) is 6.63. The van der Waals surface area contributed by atoms with Gasteiger partial charge >= 0.3 is 0 Å². The van der Waals surface area contributed by atoms with Crippen molar-refractivity contribution in [3.8, 4) is 10.7 Å². The monoisotopic (exact) mass is 291 g/mol.